The predicted molar refractivity (Wildman–Crippen MR) is 162 cm³/mol. The average molecular weight is 601 g/mol. The predicted octanol–water partition coefficient (Wildman–Crippen LogP) is 8.91. The zero-order valence-corrected chi connectivity index (χ0v) is 25.2. The van der Waals surface area contributed by atoms with E-state index in [0.29, 0.717) is 32.1 Å². The molecule has 5 atom stereocenters. The Morgan fingerprint density at radius 1 is 0.897 bits per heavy atom. The first-order valence-electron chi connectivity index (χ1n) is 12.5. The second-order valence-corrected chi connectivity index (χ2v) is 9.68. The normalized spacial score (nSPS) is 14.9. The lowest BCUT2D eigenvalue weighted by molar-refractivity contribution is -0.144. The topological polar surface area (TPSA) is 44.8 Å². The summed E-state index contributed by atoms with van der Waals surface area (Å²) in [6.45, 7) is 0.289. The van der Waals surface area contributed by atoms with Crippen LogP contribution in [0.3, 0.4) is 0 Å². The molecule has 1 rings (SSSR count). The highest BCUT2D eigenvalue weighted by Gasteiger charge is 2.24. The minimum absolute atomic E-state index is 0.116. The highest BCUT2D eigenvalue weighted by atomic mass is 32.0. The van der Waals surface area contributed by atoms with Crippen molar-refractivity contribution in [2.45, 2.75) is 63.5 Å². The fraction of sp³-hybridized carbons (Fsp3) is 0.345. The number of hydrogen-bond donors (Lipinski definition) is 0. The second-order valence-electron chi connectivity index (χ2n) is 8.23. The highest BCUT2D eigenvalue weighted by molar-refractivity contribution is 8.00. The van der Waals surface area contributed by atoms with E-state index in [0.717, 1.165) is 11.6 Å². The number of carbonyl (C=O) groups excluding carboxylic acids is 1. The molecule has 0 saturated heterocycles. The molecule has 0 aliphatic heterocycles. The molecule has 214 valence electrons. The summed E-state index contributed by atoms with van der Waals surface area (Å²) in [5.41, 5.74) is 0.968. The molecule has 0 bridgehead atoms. The van der Waals surface area contributed by atoms with Crippen LogP contribution in [0.15, 0.2) is 103 Å². The molecular weight excluding hydrogens is 562 g/mol. The van der Waals surface area contributed by atoms with Crippen LogP contribution in [-0.4, -0.2) is 24.4 Å². The van der Waals surface area contributed by atoms with Gasteiger partial charge in [0.25, 0.3) is 0 Å². The molecule has 4 nitrogen and oxygen atoms in total. The van der Waals surface area contributed by atoms with E-state index in [2.05, 4.69) is 18.4 Å². The summed E-state index contributed by atoms with van der Waals surface area (Å²) < 4.78 is 52.6. The number of halogens is 3. The molecule has 1 aromatic rings. The van der Waals surface area contributed by atoms with Gasteiger partial charge in [0.2, 0.25) is 0 Å². The Balaban J connectivity index is 2.30. The summed E-state index contributed by atoms with van der Waals surface area (Å²) in [6, 6.07) is 9.58. The number of carbonyl (C=O) groups is 1. The van der Waals surface area contributed by atoms with Crippen LogP contribution in [0.5, 0.6) is 0 Å². The standard InChI is InChI=1S/C29H38F3O4P3/c30-29(31,32)23-15-5-1-2-11-20-27(36-39-38)21-12-4-3-10-18-26(35-37)19-13-7-14-22-28(33)34-24-25-16-8-6-9-17-25/h2-13,15-18,21,26-27,39H,1,14,19-20,22-24,37-38H2/b4-3+,11-2-,13-7-,15-5-,18-10+,21-12-. The van der Waals surface area contributed by atoms with E-state index in [9.17, 15) is 18.0 Å². The van der Waals surface area contributed by atoms with E-state index in [-0.39, 0.29) is 33.3 Å². The van der Waals surface area contributed by atoms with Gasteiger partial charge in [-0.25, -0.2) is 0 Å². The van der Waals surface area contributed by atoms with Gasteiger partial charge in [-0.05, 0) is 31.2 Å². The van der Waals surface area contributed by atoms with E-state index in [1.807, 2.05) is 91.1 Å². The Morgan fingerprint density at radius 2 is 1.54 bits per heavy atom. The van der Waals surface area contributed by atoms with Crippen molar-refractivity contribution in [3.63, 3.8) is 0 Å². The third-order valence-corrected chi connectivity index (χ3v) is 6.19. The molecule has 10 heteroatoms. The summed E-state index contributed by atoms with van der Waals surface area (Å²) in [7, 11) is 5.06. The summed E-state index contributed by atoms with van der Waals surface area (Å²) in [5.74, 6) is -0.223. The van der Waals surface area contributed by atoms with Crippen LogP contribution in [0.25, 0.3) is 0 Å². The van der Waals surface area contributed by atoms with Crippen LogP contribution in [-0.2, 0) is 25.2 Å². The number of ether oxygens (including phenoxy) is 1. The fourth-order valence-electron chi connectivity index (χ4n) is 3.02. The Bertz CT molecular complexity index is 958. The van der Waals surface area contributed by atoms with E-state index < -0.39 is 12.6 Å². The first-order valence-corrected chi connectivity index (χ1v) is 15.7. The van der Waals surface area contributed by atoms with Gasteiger partial charge in [0.15, 0.2) is 0 Å². The van der Waals surface area contributed by atoms with Crippen LogP contribution in [0.2, 0.25) is 0 Å². The molecule has 0 spiro atoms. The Labute approximate surface area is 236 Å². The monoisotopic (exact) mass is 600 g/mol. The SMILES string of the molecule is O=C(CC/C=C\CC(/C=C/C=C/C=C\C(C/C=C\C/C=C\CC(F)(F)F)OPP)OP)OCc1ccccc1. The zero-order chi connectivity index (χ0) is 28.6. The Morgan fingerprint density at radius 3 is 2.21 bits per heavy atom. The lowest BCUT2D eigenvalue weighted by Gasteiger charge is -2.09. The molecule has 0 aliphatic carbocycles. The third-order valence-electron chi connectivity index (χ3n) is 5.00. The summed E-state index contributed by atoms with van der Waals surface area (Å²) in [6.07, 6.45) is 19.2. The van der Waals surface area contributed by atoms with Crippen molar-refractivity contribution in [2.75, 3.05) is 0 Å². The van der Waals surface area contributed by atoms with Crippen molar-refractivity contribution in [1.29, 1.82) is 0 Å². The van der Waals surface area contributed by atoms with Gasteiger partial charge >= 0.3 is 12.1 Å². The molecule has 39 heavy (non-hydrogen) atoms. The van der Waals surface area contributed by atoms with Crippen LogP contribution < -0.4 is 0 Å². The maximum absolute atomic E-state index is 12.1. The molecule has 1 aromatic carbocycles. The number of benzene rings is 1. The van der Waals surface area contributed by atoms with Gasteiger partial charge in [-0.2, -0.15) is 13.2 Å². The number of hydrogen-bond acceptors (Lipinski definition) is 4. The Kier molecular flexibility index (Phi) is 20.6. The van der Waals surface area contributed by atoms with Gasteiger partial charge in [0.1, 0.15) is 6.61 Å². The lowest BCUT2D eigenvalue weighted by Crippen LogP contribution is -2.04. The summed E-state index contributed by atoms with van der Waals surface area (Å²) >= 11 is 0. The van der Waals surface area contributed by atoms with Gasteiger partial charge in [0, 0.05) is 24.4 Å². The minimum atomic E-state index is -4.16. The molecule has 0 saturated carbocycles. The van der Waals surface area contributed by atoms with Crippen molar-refractivity contribution < 1.29 is 31.8 Å². The maximum Gasteiger partial charge on any atom is 0.392 e. The van der Waals surface area contributed by atoms with Gasteiger partial charge in [-0.15, -0.1) is 0 Å². The zero-order valence-electron chi connectivity index (χ0n) is 21.8. The van der Waals surface area contributed by atoms with Gasteiger partial charge in [0.05, 0.1) is 18.6 Å². The molecular formula is C29H38F3O4P3. The lowest BCUT2D eigenvalue weighted by atomic mass is 10.2. The molecule has 0 N–H and O–H groups in total. The van der Waals surface area contributed by atoms with Crippen molar-refractivity contribution in [3.8, 4) is 0 Å². The quantitative estimate of drug-likeness (QED) is 0.0689. The smallest absolute Gasteiger partial charge is 0.392 e. The summed E-state index contributed by atoms with van der Waals surface area (Å²) in [5, 5.41) is 0. The molecule has 0 fully saturated rings. The molecule has 0 aliphatic rings. The van der Waals surface area contributed by atoms with Crippen LogP contribution in [0.1, 0.15) is 44.1 Å². The first kappa shape index (κ1) is 35.2. The van der Waals surface area contributed by atoms with Crippen LogP contribution >= 0.6 is 26.9 Å². The number of rotatable bonds is 19. The van der Waals surface area contributed by atoms with Gasteiger partial charge in [-0.1, -0.05) is 112 Å². The number of alkyl halides is 3. The number of esters is 1. The van der Waals surface area contributed by atoms with Crippen molar-refractivity contribution in [1.82, 2.24) is 0 Å². The molecule has 0 radical (unpaired) electrons. The minimum Gasteiger partial charge on any atom is -0.461 e. The number of allylic oxidation sites excluding steroid dienone is 8. The van der Waals surface area contributed by atoms with Crippen molar-refractivity contribution >= 4 is 32.9 Å². The first-order chi connectivity index (χ1) is 18.8. The van der Waals surface area contributed by atoms with Crippen LogP contribution in [0.4, 0.5) is 13.2 Å². The second kappa shape index (κ2) is 22.9. The highest BCUT2D eigenvalue weighted by Crippen LogP contribution is 2.25. The molecule has 5 unspecified atom stereocenters. The van der Waals surface area contributed by atoms with Crippen molar-refractivity contribution in [3.05, 3.63) is 109 Å². The van der Waals surface area contributed by atoms with Crippen molar-refractivity contribution in [2.24, 2.45) is 0 Å². The van der Waals surface area contributed by atoms with Gasteiger partial charge in [-0.3, -0.25) is 4.79 Å². The van der Waals surface area contributed by atoms with E-state index in [1.165, 1.54) is 6.08 Å². The van der Waals surface area contributed by atoms with Crippen LogP contribution in [0, 0.1) is 0 Å². The van der Waals surface area contributed by atoms with E-state index in [4.69, 9.17) is 13.8 Å². The third kappa shape index (κ3) is 21.6. The Hall–Kier alpha value is -1.87. The molecule has 0 aromatic heterocycles. The average Bonchev–Trinajstić information content (AvgIpc) is 2.91. The summed E-state index contributed by atoms with van der Waals surface area (Å²) in [4.78, 5) is 11.8. The van der Waals surface area contributed by atoms with E-state index >= 15 is 0 Å². The largest absolute Gasteiger partial charge is 0.461 e. The van der Waals surface area contributed by atoms with Gasteiger partial charge < -0.3 is 13.8 Å². The molecule has 0 heterocycles. The molecule has 0 amide bonds. The van der Waals surface area contributed by atoms with E-state index in [1.54, 1.807) is 0 Å². The fourth-order valence-corrected chi connectivity index (χ4v) is 4.09. The maximum atomic E-state index is 12.1.